The Labute approximate surface area is 117 Å². The van der Waals surface area contributed by atoms with Crippen LogP contribution < -0.4 is 5.32 Å². The third kappa shape index (κ3) is 3.09. The van der Waals surface area contributed by atoms with Crippen molar-refractivity contribution >= 4 is 11.6 Å². The molecule has 18 heavy (non-hydrogen) atoms. The maximum absolute atomic E-state index is 5.72. The number of halogens is 1. The summed E-state index contributed by atoms with van der Waals surface area (Å²) in [6.45, 7) is 7.96. The van der Waals surface area contributed by atoms with Crippen molar-refractivity contribution in [1.82, 2.24) is 10.2 Å². The minimum atomic E-state index is 0.403. The molecule has 1 saturated heterocycles. The van der Waals surface area contributed by atoms with E-state index in [2.05, 4.69) is 30.1 Å². The number of nitrogens with one attached hydrogen (secondary N) is 1. The average Bonchev–Trinajstić information content (AvgIpc) is 2.38. The average molecular weight is 271 g/mol. The van der Waals surface area contributed by atoms with Crippen LogP contribution in [0.15, 0.2) is 11.6 Å². The van der Waals surface area contributed by atoms with Gasteiger partial charge < -0.3 is 5.32 Å². The highest BCUT2D eigenvalue weighted by molar-refractivity contribution is 6.25. The van der Waals surface area contributed by atoms with Crippen molar-refractivity contribution in [2.75, 3.05) is 19.6 Å². The van der Waals surface area contributed by atoms with Gasteiger partial charge in [-0.3, -0.25) is 4.90 Å². The summed E-state index contributed by atoms with van der Waals surface area (Å²) in [5.74, 6) is 0.702. The molecule has 2 rings (SSSR count). The van der Waals surface area contributed by atoms with Crippen LogP contribution in [0.1, 0.15) is 46.0 Å². The molecule has 1 saturated carbocycles. The Balaban J connectivity index is 2.08. The van der Waals surface area contributed by atoms with Crippen molar-refractivity contribution < 1.29 is 0 Å². The molecule has 0 aromatic rings. The van der Waals surface area contributed by atoms with Crippen LogP contribution in [0.5, 0.6) is 0 Å². The van der Waals surface area contributed by atoms with Gasteiger partial charge in [0.1, 0.15) is 0 Å². The highest BCUT2D eigenvalue weighted by atomic mass is 35.5. The first-order chi connectivity index (χ1) is 8.68. The van der Waals surface area contributed by atoms with Gasteiger partial charge in [0.25, 0.3) is 0 Å². The molecule has 1 N–H and O–H groups in total. The Morgan fingerprint density at radius 2 is 2.06 bits per heavy atom. The molecule has 0 amide bonds. The molecule has 1 aliphatic carbocycles. The molecule has 1 spiro atoms. The third-order valence-electron chi connectivity index (χ3n) is 4.79. The van der Waals surface area contributed by atoms with E-state index in [1.165, 1.54) is 38.6 Å². The smallest absolute Gasteiger partial charge is 0.0338 e. The number of rotatable bonds is 3. The van der Waals surface area contributed by atoms with Gasteiger partial charge in [0.05, 0.1) is 0 Å². The molecular weight excluding hydrogens is 244 g/mol. The van der Waals surface area contributed by atoms with Gasteiger partial charge in [0, 0.05) is 36.8 Å². The quantitative estimate of drug-likeness (QED) is 0.846. The predicted octanol–water partition coefficient (Wildman–Crippen LogP) is 3.37. The van der Waals surface area contributed by atoms with E-state index in [-0.39, 0.29) is 0 Å². The second kappa shape index (κ2) is 6.40. The summed E-state index contributed by atoms with van der Waals surface area (Å²) in [5, 5.41) is 3.79. The zero-order chi connectivity index (χ0) is 13.0. The van der Waals surface area contributed by atoms with E-state index in [1.54, 1.807) is 5.54 Å². The van der Waals surface area contributed by atoms with Crippen LogP contribution in [0.25, 0.3) is 0 Å². The van der Waals surface area contributed by atoms with Gasteiger partial charge in [-0.2, -0.15) is 0 Å². The zero-order valence-corrected chi connectivity index (χ0v) is 12.5. The Morgan fingerprint density at radius 3 is 2.67 bits per heavy atom. The topological polar surface area (TPSA) is 15.3 Å². The fraction of sp³-hybridized carbons (Fsp3) is 0.867. The van der Waals surface area contributed by atoms with Crippen LogP contribution in [0, 0.1) is 5.92 Å². The van der Waals surface area contributed by atoms with Crippen LogP contribution in [0.4, 0.5) is 0 Å². The maximum atomic E-state index is 5.72. The van der Waals surface area contributed by atoms with Gasteiger partial charge in [-0.05, 0) is 18.8 Å². The number of nitrogens with zero attached hydrogens (tertiary/aromatic N) is 1. The molecule has 104 valence electrons. The normalized spacial score (nSPS) is 29.4. The van der Waals surface area contributed by atoms with E-state index >= 15 is 0 Å². The number of piperazine rings is 1. The minimum Gasteiger partial charge on any atom is -0.311 e. The Morgan fingerprint density at radius 1 is 1.33 bits per heavy atom. The van der Waals surface area contributed by atoms with Crippen molar-refractivity contribution in [1.29, 1.82) is 0 Å². The highest BCUT2D eigenvalue weighted by Crippen LogP contribution is 2.35. The van der Waals surface area contributed by atoms with Crippen LogP contribution in [-0.4, -0.2) is 36.1 Å². The largest absolute Gasteiger partial charge is 0.311 e. The summed E-state index contributed by atoms with van der Waals surface area (Å²) in [6, 6.07) is 0.626. The minimum absolute atomic E-state index is 0.403. The molecule has 2 nitrogen and oxygen atoms in total. The van der Waals surface area contributed by atoms with E-state index in [4.69, 9.17) is 11.6 Å². The monoisotopic (exact) mass is 270 g/mol. The van der Waals surface area contributed by atoms with Crippen LogP contribution in [-0.2, 0) is 0 Å². The lowest BCUT2D eigenvalue weighted by Gasteiger charge is -2.52. The van der Waals surface area contributed by atoms with Crippen molar-refractivity contribution in [3.63, 3.8) is 0 Å². The first kappa shape index (κ1) is 14.4. The third-order valence-corrected chi connectivity index (χ3v) is 4.96. The van der Waals surface area contributed by atoms with Crippen LogP contribution >= 0.6 is 11.6 Å². The van der Waals surface area contributed by atoms with Gasteiger partial charge in [0.15, 0.2) is 0 Å². The number of hydrogen-bond acceptors (Lipinski definition) is 2. The molecule has 0 radical (unpaired) electrons. The first-order valence-electron chi connectivity index (χ1n) is 7.42. The molecule has 0 aromatic carbocycles. The molecule has 1 aliphatic heterocycles. The zero-order valence-electron chi connectivity index (χ0n) is 11.8. The van der Waals surface area contributed by atoms with Crippen molar-refractivity contribution in [3.05, 3.63) is 11.6 Å². The molecule has 2 fully saturated rings. The number of hydrogen-bond donors (Lipinski definition) is 1. The summed E-state index contributed by atoms with van der Waals surface area (Å²) in [4.78, 5) is 2.69. The van der Waals surface area contributed by atoms with Crippen LogP contribution in [0.3, 0.4) is 0 Å². The summed E-state index contributed by atoms with van der Waals surface area (Å²) in [6.07, 6.45) is 8.97. The Kier molecular flexibility index (Phi) is 5.11. The lowest BCUT2D eigenvalue weighted by molar-refractivity contribution is 0.0112. The van der Waals surface area contributed by atoms with Gasteiger partial charge in [-0.25, -0.2) is 0 Å². The van der Waals surface area contributed by atoms with Crippen LogP contribution in [0.2, 0.25) is 0 Å². The Hall–Kier alpha value is -0.0500. The highest BCUT2D eigenvalue weighted by Gasteiger charge is 2.41. The SMILES string of the molecule is CC(C)C1CN(C/C=C/Cl)C2(CCCCC2)CN1. The molecule has 0 aromatic heterocycles. The maximum Gasteiger partial charge on any atom is 0.0338 e. The molecule has 1 unspecified atom stereocenters. The van der Waals surface area contributed by atoms with E-state index in [1.807, 2.05) is 0 Å². The van der Waals surface area contributed by atoms with Crippen molar-refractivity contribution in [3.8, 4) is 0 Å². The van der Waals surface area contributed by atoms with E-state index in [0.29, 0.717) is 17.5 Å². The van der Waals surface area contributed by atoms with Gasteiger partial charge >= 0.3 is 0 Å². The Bertz CT molecular complexity index is 282. The van der Waals surface area contributed by atoms with Gasteiger partial charge in [-0.1, -0.05) is 50.8 Å². The summed E-state index contributed by atoms with van der Waals surface area (Å²) < 4.78 is 0. The standard InChI is InChI=1S/C15H27ClN2/c1-13(2)14-11-18(10-6-9-16)15(12-17-14)7-4-3-5-8-15/h6,9,13-14,17H,3-5,7-8,10-12H2,1-2H3/b9-6+. The second-order valence-corrected chi connectivity index (χ2v) is 6.54. The molecule has 1 atom stereocenters. The van der Waals surface area contributed by atoms with Gasteiger partial charge in [0.2, 0.25) is 0 Å². The fourth-order valence-corrected chi connectivity index (χ4v) is 3.59. The summed E-state index contributed by atoms with van der Waals surface area (Å²) in [7, 11) is 0. The lowest BCUT2D eigenvalue weighted by atomic mass is 9.77. The predicted molar refractivity (Wildman–Crippen MR) is 79.0 cm³/mol. The summed E-state index contributed by atoms with van der Waals surface area (Å²) in [5.41, 5.74) is 2.07. The van der Waals surface area contributed by atoms with Crippen molar-refractivity contribution in [2.45, 2.75) is 57.5 Å². The molecule has 1 heterocycles. The van der Waals surface area contributed by atoms with E-state index in [9.17, 15) is 0 Å². The molecule has 3 heteroatoms. The first-order valence-corrected chi connectivity index (χ1v) is 7.85. The lowest BCUT2D eigenvalue weighted by Crippen LogP contribution is -2.66. The van der Waals surface area contributed by atoms with E-state index < -0.39 is 0 Å². The van der Waals surface area contributed by atoms with Crippen molar-refractivity contribution in [2.24, 2.45) is 5.92 Å². The molecular formula is C15H27ClN2. The fourth-order valence-electron chi connectivity index (χ4n) is 3.51. The summed E-state index contributed by atoms with van der Waals surface area (Å²) >= 11 is 5.72. The second-order valence-electron chi connectivity index (χ2n) is 6.28. The van der Waals surface area contributed by atoms with E-state index in [0.717, 1.165) is 13.1 Å². The molecule has 0 bridgehead atoms. The molecule has 2 aliphatic rings. The van der Waals surface area contributed by atoms with Gasteiger partial charge in [-0.15, -0.1) is 0 Å².